The molecule has 3 rings (SSSR count). The molecule has 5 heteroatoms. The molecule has 0 aliphatic heterocycles. The third-order valence-corrected chi connectivity index (χ3v) is 4.88. The molecule has 1 atom stereocenters. The van der Waals surface area contributed by atoms with Gasteiger partial charge in [-0.15, -0.1) is 0 Å². The summed E-state index contributed by atoms with van der Waals surface area (Å²) in [5.74, 6) is -1.23. The lowest BCUT2D eigenvalue weighted by molar-refractivity contribution is -0.683. The Balaban J connectivity index is 1.68. The number of benzene rings is 3. The van der Waals surface area contributed by atoms with Crippen LogP contribution >= 0.6 is 0 Å². The maximum atomic E-state index is 14.0. The van der Waals surface area contributed by atoms with E-state index in [1.807, 2.05) is 67.6 Å². The van der Waals surface area contributed by atoms with Crippen molar-refractivity contribution in [2.75, 3.05) is 6.54 Å². The smallest absolute Gasteiger partial charge is 0.278 e. The maximum absolute atomic E-state index is 14.0. The Bertz CT molecular complexity index is 891. The number of quaternary nitrogens is 1. The van der Waals surface area contributed by atoms with Crippen molar-refractivity contribution < 1.29 is 18.9 Å². The van der Waals surface area contributed by atoms with Gasteiger partial charge in [0.05, 0.1) is 0 Å². The van der Waals surface area contributed by atoms with Gasteiger partial charge in [-0.25, -0.2) is 8.78 Å². The second kappa shape index (κ2) is 9.94. The molecule has 3 nitrogen and oxygen atoms in total. The minimum Gasteiger partial charge on any atom is -0.332 e. The molecule has 0 radical (unpaired) electrons. The minimum atomic E-state index is -0.605. The molecule has 0 saturated carbocycles. The molecule has 1 amide bonds. The summed E-state index contributed by atoms with van der Waals surface area (Å²) in [5.41, 5.74) is 2.49. The van der Waals surface area contributed by atoms with Crippen molar-refractivity contribution >= 4 is 5.91 Å². The number of nitrogens with two attached hydrogens (primary N) is 1. The Labute approximate surface area is 170 Å². The number of carbonyl (C=O) groups excluding carboxylic acids is 1. The minimum absolute atomic E-state index is 0.0351. The van der Waals surface area contributed by atoms with Crippen LogP contribution in [-0.4, -0.2) is 17.4 Å². The molecule has 0 bridgehead atoms. The Hall–Kier alpha value is -3.05. The van der Waals surface area contributed by atoms with Crippen LogP contribution < -0.4 is 5.32 Å². The number of nitrogens with zero attached hydrogens (tertiary/aromatic N) is 1. The number of amides is 1. The van der Waals surface area contributed by atoms with E-state index in [9.17, 15) is 13.6 Å². The summed E-state index contributed by atoms with van der Waals surface area (Å²) in [7, 11) is 0. The molecule has 29 heavy (non-hydrogen) atoms. The fourth-order valence-corrected chi connectivity index (χ4v) is 3.24. The zero-order chi connectivity index (χ0) is 20.6. The zero-order valence-electron chi connectivity index (χ0n) is 16.4. The molecular weight excluding hydrogens is 370 g/mol. The van der Waals surface area contributed by atoms with Crippen molar-refractivity contribution in [2.45, 2.75) is 26.1 Å². The van der Waals surface area contributed by atoms with E-state index < -0.39 is 11.6 Å². The van der Waals surface area contributed by atoms with Crippen molar-refractivity contribution in [3.05, 3.63) is 107 Å². The normalized spacial score (nSPS) is 11.8. The molecule has 0 unspecified atom stereocenters. The quantitative estimate of drug-likeness (QED) is 0.619. The third kappa shape index (κ3) is 5.96. The van der Waals surface area contributed by atoms with Gasteiger partial charge in [-0.05, 0) is 30.2 Å². The van der Waals surface area contributed by atoms with Gasteiger partial charge >= 0.3 is 0 Å². The lowest BCUT2D eigenvalue weighted by atomic mass is 10.1. The predicted octanol–water partition coefficient (Wildman–Crippen LogP) is 3.82. The molecule has 150 valence electrons. The largest absolute Gasteiger partial charge is 0.332 e. The Morgan fingerprint density at radius 1 is 0.897 bits per heavy atom. The molecule has 0 fully saturated rings. The van der Waals surface area contributed by atoms with Gasteiger partial charge in [0.2, 0.25) is 0 Å². The Morgan fingerprint density at radius 2 is 1.45 bits per heavy atom. The lowest BCUT2D eigenvalue weighted by Gasteiger charge is -2.23. The molecule has 2 N–H and O–H groups in total. The van der Waals surface area contributed by atoms with Crippen LogP contribution in [-0.2, 0) is 17.9 Å². The highest BCUT2D eigenvalue weighted by Gasteiger charge is 2.20. The van der Waals surface area contributed by atoms with Crippen LogP contribution in [0.5, 0.6) is 0 Å². The van der Waals surface area contributed by atoms with Gasteiger partial charge in [-0.1, -0.05) is 60.7 Å². The van der Waals surface area contributed by atoms with Crippen LogP contribution in [0, 0.1) is 11.6 Å². The molecule has 0 aliphatic rings. The summed E-state index contributed by atoms with van der Waals surface area (Å²) in [5, 5.41) is 1.78. The van der Waals surface area contributed by atoms with E-state index in [1.54, 1.807) is 10.2 Å². The van der Waals surface area contributed by atoms with E-state index in [2.05, 4.69) is 0 Å². The highest BCUT2D eigenvalue weighted by molar-refractivity contribution is 5.77. The number of hydrogen-bond acceptors (Lipinski definition) is 1. The second-order valence-corrected chi connectivity index (χ2v) is 7.12. The highest BCUT2D eigenvalue weighted by atomic mass is 19.1. The summed E-state index contributed by atoms with van der Waals surface area (Å²) < 4.78 is 27.1. The van der Waals surface area contributed by atoms with Crippen LogP contribution in [0.1, 0.15) is 29.7 Å². The molecule has 0 aliphatic carbocycles. The van der Waals surface area contributed by atoms with Crippen molar-refractivity contribution in [1.82, 2.24) is 4.90 Å². The Morgan fingerprint density at radius 3 is 1.97 bits per heavy atom. The van der Waals surface area contributed by atoms with Crippen LogP contribution in [0.2, 0.25) is 0 Å². The van der Waals surface area contributed by atoms with E-state index in [1.165, 1.54) is 12.1 Å². The average molecular weight is 395 g/mol. The van der Waals surface area contributed by atoms with Crippen molar-refractivity contribution in [3.63, 3.8) is 0 Å². The van der Waals surface area contributed by atoms with Crippen molar-refractivity contribution in [2.24, 2.45) is 0 Å². The summed E-state index contributed by atoms with van der Waals surface area (Å²) in [6, 6.07) is 22.9. The number of hydrogen-bond donors (Lipinski definition) is 1. The fourth-order valence-electron chi connectivity index (χ4n) is 3.24. The van der Waals surface area contributed by atoms with Crippen molar-refractivity contribution in [3.8, 4) is 0 Å². The first-order valence-electron chi connectivity index (χ1n) is 9.67. The number of rotatable bonds is 8. The first-order valence-corrected chi connectivity index (χ1v) is 9.67. The van der Waals surface area contributed by atoms with Crippen LogP contribution in [0.15, 0.2) is 78.9 Å². The Kier molecular flexibility index (Phi) is 7.09. The summed E-state index contributed by atoms with van der Waals surface area (Å²) in [6.45, 7) is 2.99. The van der Waals surface area contributed by atoms with Crippen LogP contribution in [0.3, 0.4) is 0 Å². The molecular formula is C24H25F2N2O+. The maximum Gasteiger partial charge on any atom is 0.278 e. The average Bonchev–Trinajstić information content (AvgIpc) is 2.73. The topological polar surface area (TPSA) is 36.9 Å². The molecule has 3 aromatic rings. The second-order valence-electron chi connectivity index (χ2n) is 7.12. The fraction of sp³-hybridized carbons (Fsp3) is 0.208. The summed E-state index contributed by atoms with van der Waals surface area (Å²) >= 11 is 0. The van der Waals surface area contributed by atoms with Gasteiger partial charge < -0.3 is 10.2 Å². The monoisotopic (exact) mass is 395 g/mol. The van der Waals surface area contributed by atoms with Gasteiger partial charge in [0.15, 0.2) is 6.54 Å². The van der Waals surface area contributed by atoms with Gasteiger partial charge in [-0.2, -0.15) is 0 Å². The van der Waals surface area contributed by atoms with E-state index in [4.69, 9.17) is 0 Å². The number of halogens is 2. The zero-order valence-corrected chi connectivity index (χ0v) is 16.4. The molecule has 0 heterocycles. The molecule has 0 saturated heterocycles. The number of carbonyl (C=O) groups is 1. The molecule has 0 spiro atoms. The van der Waals surface area contributed by atoms with E-state index in [0.717, 1.165) is 17.2 Å². The third-order valence-electron chi connectivity index (χ3n) is 4.88. The molecule has 0 aromatic heterocycles. The SMILES string of the molecule is C[C@H]([NH2+]CC(=O)N(Cc1ccccc1)Cc1ccccc1)c1ccc(F)cc1F. The van der Waals surface area contributed by atoms with Gasteiger partial charge in [0, 0.05) is 24.7 Å². The van der Waals surface area contributed by atoms with E-state index in [0.29, 0.717) is 18.7 Å². The van der Waals surface area contributed by atoms with Gasteiger partial charge in [0.25, 0.3) is 5.91 Å². The first kappa shape index (κ1) is 20.7. The highest BCUT2D eigenvalue weighted by Crippen LogP contribution is 2.15. The molecule has 3 aromatic carbocycles. The van der Waals surface area contributed by atoms with E-state index >= 15 is 0 Å². The summed E-state index contributed by atoms with van der Waals surface area (Å²) in [6.07, 6.45) is 0. The lowest BCUT2D eigenvalue weighted by Crippen LogP contribution is -2.87. The van der Waals surface area contributed by atoms with Crippen LogP contribution in [0.4, 0.5) is 8.78 Å². The van der Waals surface area contributed by atoms with Crippen LogP contribution in [0.25, 0.3) is 0 Å². The standard InChI is InChI=1S/C24H24F2N2O/c1-18(22-13-12-21(25)14-23(22)26)27-15-24(29)28(16-19-8-4-2-5-9-19)17-20-10-6-3-7-11-20/h2-14,18,27H,15-17H2,1H3/p+1/t18-/m0/s1. The van der Waals surface area contributed by atoms with Crippen molar-refractivity contribution in [1.29, 1.82) is 0 Å². The first-order chi connectivity index (χ1) is 14.0. The van der Waals surface area contributed by atoms with Gasteiger partial charge in [0.1, 0.15) is 17.7 Å². The van der Waals surface area contributed by atoms with Gasteiger partial charge in [-0.3, -0.25) is 4.79 Å². The van der Waals surface area contributed by atoms with E-state index in [-0.39, 0.29) is 18.5 Å². The summed E-state index contributed by atoms with van der Waals surface area (Å²) in [4.78, 5) is 14.8. The predicted molar refractivity (Wildman–Crippen MR) is 109 cm³/mol.